The van der Waals surface area contributed by atoms with E-state index in [1.54, 1.807) is 12.1 Å². The maximum Gasteiger partial charge on any atom is 1.00 e. The topological polar surface area (TPSA) is 117 Å². The fraction of sp³-hybridized carbons (Fsp3) is 0.208. The third-order valence-corrected chi connectivity index (χ3v) is 7.11. The Bertz CT molecular complexity index is 1390. The summed E-state index contributed by atoms with van der Waals surface area (Å²) in [6.07, 6.45) is 7.45. The van der Waals surface area contributed by atoms with Gasteiger partial charge in [0.2, 0.25) is 0 Å². The van der Waals surface area contributed by atoms with Gasteiger partial charge in [-0.25, -0.2) is 21.4 Å². The van der Waals surface area contributed by atoms with Crippen LogP contribution >= 0.6 is 0 Å². The monoisotopic (exact) mass is 509 g/mol. The number of allylic oxidation sites excluding steroid dienone is 5. The molecule has 2 aromatic rings. The molecule has 0 aliphatic heterocycles. The van der Waals surface area contributed by atoms with Crippen molar-refractivity contribution >= 4 is 31.5 Å². The van der Waals surface area contributed by atoms with E-state index in [1.807, 2.05) is 57.2 Å². The number of aryl methyl sites for hydroxylation is 1. The normalized spacial score (nSPS) is 13.6. The van der Waals surface area contributed by atoms with Gasteiger partial charge in [-0.15, -0.1) is 0 Å². The second kappa shape index (κ2) is 11.3. The minimum absolute atomic E-state index is 0. The minimum atomic E-state index is -5.10. The van der Waals surface area contributed by atoms with Crippen molar-refractivity contribution in [2.24, 2.45) is 0 Å². The van der Waals surface area contributed by atoms with Crippen molar-refractivity contribution in [1.29, 1.82) is 0 Å². The first-order valence-electron chi connectivity index (χ1n) is 10.3. The molecule has 2 aromatic carbocycles. The molecule has 0 radical (unpaired) electrons. The Morgan fingerprint density at radius 1 is 0.824 bits per heavy atom. The van der Waals surface area contributed by atoms with E-state index in [9.17, 15) is 25.9 Å². The molecule has 174 valence electrons. The zero-order chi connectivity index (χ0) is 24.4. The number of nitrogens with zero attached hydrogens (tertiary/aromatic N) is 1. The fourth-order valence-corrected chi connectivity index (χ4v) is 4.98. The van der Waals surface area contributed by atoms with E-state index in [2.05, 4.69) is 4.58 Å². The standard InChI is InChI=1S/C24H25NO6S2.Na/c1-4-25(5-2)20-12-10-19(11-13-20)24(18-8-6-17(3)7-9-18)22-15-14-21(32(26,27)28)16-23(22)33(29,30)31;/h6-16H,4-5H2,1-3H3,(H-,26,27,28,29,30,31);/q;+1/p-1. The predicted molar refractivity (Wildman–Crippen MR) is 124 cm³/mol. The van der Waals surface area contributed by atoms with Crippen LogP contribution in [0.3, 0.4) is 0 Å². The van der Waals surface area contributed by atoms with Crippen molar-refractivity contribution in [3.05, 3.63) is 89.0 Å². The van der Waals surface area contributed by atoms with Gasteiger partial charge in [0, 0.05) is 17.7 Å². The number of hydrogen-bond acceptors (Lipinski definition) is 6. The Labute approximate surface area is 223 Å². The van der Waals surface area contributed by atoms with Gasteiger partial charge in [0.1, 0.15) is 33.3 Å². The van der Waals surface area contributed by atoms with Gasteiger partial charge in [-0.2, -0.15) is 0 Å². The molecule has 7 nitrogen and oxygen atoms in total. The Hall–Kier alpha value is -1.85. The molecule has 0 heterocycles. The summed E-state index contributed by atoms with van der Waals surface area (Å²) in [6, 6.07) is 10.1. The van der Waals surface area contributed by atoms with Gasteiger partial charge in [-0.3, -0.25) is 0 Å². The molecule has 1 aliphatic carbocycles. The third kappa shape index (κ3) is 6.42. The van der Waals surface area contributed by atoms with E-state index in [1.165, 1.54) is 6.07 Å². The summed E-state index contributed by atoms with van der Waals surface area (Å²) >= 11 is 0. The van der Waals surface area contributed by atoms with Gasteiger partial charge in [-0.1, -0.05) is 35.9 Å². The second-order valence-electron chi connectivity index (χ2n) is 7.53. The van der Waals surface area contributed by atoms with Crippen LogP contribution in [-0.2, 0) is 20.2 Å². The minimum Gasteiger partial charge on any atom is -0.744 e. The molecule has 34 heavy (non-hydrogen) atoms. The number of hydrogen-bond donors (Lipinski definition) is 0. The first-order valence-corrected chi connectivity index (χ1v) is 13.1. The molecule has 0 atom stereocenters. The Balaban J connectivity index is 0.00000408. The Morgan fingerprint density at radius 2 is 1.38 bits per heavy atom. The summed E-state index contributed by atoms with van der Waals surface area (Å²) in [5.41, 5.74) is 3.70. The van der Waals surface area contributed by atoms with Crippen LogP contribution < -0.4 is 29.6 Å². The van der Waals surface area contributed by atoms with Crippen LogP contribution in [0.5, 0.6) is 0 Å². The zero-order valence-corrected chi connectivity index (χ0v) is 23.1. The molecular formula is C24H24NNaO6S2. The van der Waals surface area contributed by atoms with Crippen molar-refractivity contribution in [3.8, 4) is 0 Å². The van der Waals surface area contributed by atoms with Crippen molar-refractivity contribution in [1.82, 2.24) is 0 Å². The van der Waals surface area contributed by atoms with Crippen molar-refractivity contribution in [2.75, 3.05) is 13.1 Å². The maximum absolute atomic E-state index is 12.1. The molecule has 0 N–H and O–H groups in total. The van der Waals surface area contributed by atoms with E-state index < -0.39 is 30.0 Å². The SMILES string of the molecule is CC[N+](CC)=C1C=CC(=C(c2ccc(C)cc2)c2ccc(S(=O)(=O)[O-])cc2S(=O)(=O)[O-])C=C1.[Na+]. The summed E-state index contributed by atoms with van der Waals surface area (Å²) in [5.74, 6) is 0. The van der Waals surface area contributed by atoms with Gasteiger partial charge in [0.05, 0.1) is 9.79 Å². The third-order valence-electron chi connectivity index (χ3n) is 5.41. The Morgan fingerprint density at radius 3 is 1.85 bits per heavy atom. The molecule has 0 unspecified atom stereocenters. The number of rotatable bonds is 6. The molecule has 0 saturated heterocycles. The summed E-state index contributed by atoms with van der Waals surface area (Å²) in [5, 5.41) is 0. The molecule has 0 amide bonds. The van der Waals surface area contributed by atoms with Crippen LogP contribution in [-0.4, -0.2) is 49.3 Å². The average Bonchev–Trinajstić information content (AvgIpc) is 2.76. The van der Waals surface area contributed by atoms with Crippen molar-refractivity contribution in [2.45, 2.75) is 30.6 Å². The summed E-state index contributed by atoms with van der Waals surface area (Å²) < 4.78 is 72.9. The number of benzene rings is 2. The van der Waals surface area contributed by atoms with Crippen molar-refractivity contribution in [3.63, 3.8) is 0 Å². The average molecular weight is 510 g/mol. The smallest absolute Gasteiger partial charge is 0.744 e. The molecule has 1 aliphatic rings. The van der Waals surface area contributed by atoms with Gasteiger partial charge in [0.15, 0.2) is 5.71 Å². The van der Waals surface area contributed by atoms with E-state index in [0.29, 0.717) is 22.8 Å². The second-order valence-corrected chi connectivity index (χ2v) is 10.3. The quantitative estimate of drug-likeness (QED) is 0.313. The van der Waals surface area contributed by atoms with Crippen LogP contribution in [0.2, 0.25) is 0 Å². The van der Waals surface area contributed by atoms with Gasteiger partial charge >= 0.3 is 29.6 Å². The summed E-state index contributed by atoms with van der Waals surface area (Å²) in [4.78, 5) is -1.54. The van der Waals surface area contributed by atoms with Crippen LogP contribution in [0.25, 0.3) is 5.57 Å². The molecule has 0 saturated carbocycles. The maximum atomic E-state index is 12.1. The van der Waals surface area contributed by atoms with Gasteiger partial charge in [-0.05, 0) is 61.8 Å². The van der Waals surface area contributed by atoms with E-state index in [4.69, 9.17) is 0 Å². The molecular weight excluding hydrogens is 485 g/mol. The molecule has 10 heteroatoms. The largest absolute Gasteiger partial charge is 1.00 e. The molecule has 0 fully saturated rings. The first-order chi connectivity index (χ1) is 15.5. The molecule has 0 aromatic heterocycles. The predicted octanol–water partition coefficient (Wildman–Crippen LogP) is 0.228. The molecule has 0 spiro atoms. The van der Waals surface area contributed by atoms with E-state index in [0.717, 1.165) is 30.4 Å². The summed E-state index contributed by atoms with van der Waals surface area (Å²) in [7, 11) is -10.0. The fourth-order valence-electron chi connectivity index (χ4n) is 3.70. The summed E-state index contributed by atoms with van der Waals surface area (Å²) in [6.45, 7) is 7.61. The van der Waals surface area contributed by atoms with E-state index in [-0.39, 0.29) is 35.1 Å². The van der Waals surface area contributed by atoms with Crippen LogP contribution in [0.1, 0.15) is 30.5 Å². The zero-order valence-electron chi connectivity index (χ0n) is 19.5. The van der Waals surface area contributed by atoms with Crippen LogP contribution in [0, 0.1) is 6.92 Å². The van der Waals surface area contributed by atoms with Gasteiger partial charge in [0.25, 0.3) is 0 Å². The Kier molecular flexibility index (Phi) is 9.40. The van der Waals surface area contributed by atoms with E-state index >= 15 is 0 Å². The van der Waals surface area contributed by atoms with Crippen molar-refractivity contribution < 1.29 is 60.1 Å². The molecule has 0 bridgehead atoms. The van der Waals surface area contributed by atoms with Gasteiger partial charge < -0.3 is 9.11 Å². The molecule has 3 rings (SSSR count). The first kappa shape index (κ1) is 28.4. The van der Waals surface area contributed by atoms with Crippen LogP contribution in [0.4, 0.5) is 0 Å². The van der Waals surface area contributed by atoms with Crippen LogP contribution in [0.15, 0.2) is 82.1 Å².